The molecular weight excluding hydrogens is 252 g/mol. The van der Waals surface area contributed by atoms with E-state index >= 15 is 0 Å². The maximum atomic E-state index is 12.1. The van der Waals surface area contributed by atoms with Crippen molar-refractivity contribution in [1.29, 1.82) is 0 Å². The molecule has 2 aromatic carbocycles. The van der Waals surface area contributed by atoms with Gasteiger partial charge in [-0.15, -0.1) is 0 Å². The Kier molecular flexibility index (Phi) is 3.79. The Balaban J connectivity index is 2.26. The molecule has 0 aliphatic carbocycles. The van der Waals surface area contributed by atoms with Gasteiger partial charge < -0.3 is 9.84 Å². The number of aryl methyl sites for hydroxylation is 4. The van der Waals surface area contributed by atoms with Gasteiger partial charge in [-0.25, -0.2) is 4.79 Å². The zero-order valence-electron chi connectivity index (χ0n) is 12.2. The van der Waals surface area contributed by atoms with Crippen molar-refractivity contribution in [3.8, 4) is 11.5 Å². The molecule has 3 heteroatoms. The van der Waals surface area contributed by atoms with Crippen molar-refractivity contribution >= 4 is 5.97 Å². The molecule has 0 amide bonds. The smallest absolute Gasteiger partial charge is 0.343 e. The molecule has 104 valence electrons. The summed E-state index contributed by atoms with van der Waals surface area (Å²) in [6, 6.07) is 8.80. The highest BCUT2D eigenvalue weighted by atomic mass is 16.5. The van der Waals surface area contributed by atoms with Crippen LogP contribution >= 0.6 is 0 Å². The Hall–Kier alpha value is -2.29. The van der Waals surface area contributed by atoms with Crippen molar-refractivity contribution in [3.63, 3.8) is 0 Å². The summed E-state index contributed by atoms with van der Waals surface area (Å²) >= 11 is 0. The minimum absolute atomic E-state index is 0.215. The van der Waals surface area contributed by atoms with E-state index in [4.69, 9.17) is 4.74 Å². The van der Waals surface area contributed by atoms with Crippen LogP contribution in [0.1, 0.15) is 32.6 Å². The topological polar surface area (TPSA) is 46.5 Å². The van der Waals surface area contributed by atoms with Gasteiger partial charge in [0.15, 0.2) is 0 Å². The van der Waals surface area contributed by atoms with E-state index in [0.29, 0.717) is 22.4 Å². The van der Waals surface area contributed by atoms with E-state index in [-0.39, 0.29) is 5.75 Å². The lowest BCUT2D eigenvalue weighted by Crippen LogP contribution is -2.09. The minimum atomic E-state index is -0.417. The number of benzene rings is 2. The van der Waals surface area contributed by atoms with Gasteiger partial charge in [-0.2, -0.15) is 0 Å². The zero-order chi connectivity index (χ0) is 14.9. The highest BCUT2D eigenvalue weighted by Crippen LogP contribution is 2.24. The number of phenols is 1. The molecule has 0 fully saturated rings. The van der Waals surface area contributed by atoms with Crippen LogP contribution in [-0.2, 0) is 0 Å². The molecule has 0 atom stereocenters. The van der Waals surface area contributed by atoms with Crippen LogP contribution in [0.15, 0.2) is 30.3 Å². The second-order valence-electron chi connectivity index (χ2n) is 5.09. The maximum Gasteiger partial charge on any atom is 0.343 e. The second-order valence-corrected chi connectivity index (χ2v) is 5.09. The molecular formula is C17H18O3. The Morgan fingerprint density at radius 3 is 2.05 bits per heavy atom. The third-order valence-electron chi connectivity index (χ3n) is 3.42. The van der Waals surface area contributed by atoms with E-state index in [1.165, 1.54) is 0 Å². The fourth-order valence-corrected chi connectivity index (χ4v) is 2.02. The van der Waals surface area contributed by atoms with E-state index in [2.05, 4.69) is 0 Å². The van der Waals surface area contributed by atoms with E-state index < -0.39 is 5.97 Å². The lowest BCUT2D eigenvalue weighted by atomic mass is 10.1. The number of aromatic hydroxyl groups is 1. The summed E-state index contributed by atoms with van der Waals surface area (Å²) in [7, 11) is 0. The van der Waals surface area contributed by atoms with Gasteiger partial charge in [0, 0.05) is 0 Å². The molecule has 0 saturated carbocycles. The lowest BCUT2D eigenvalue weighted by molar-refractivity contribution is 0.0734. The molecule has 2 aromatic rings. The fraction of sp³-hybridized carbons (Fsp3) is 0.235. The molecule has 0 aliphatic rings. The molecule has 0 unspecified atom stereocenters. The molecule has 0 aliphatic heterocycles. The summed E-state index contributed by atoms with van der Waals surface area (Å²) in [5.41, 5.74) is 4.00. The number of carbonyl (C=O) groups excluding carboxylic acids is 1. The Bertz CT molecular complexity index is 649. The van der Waals surface area contributed by atoms with Gasteiger partial charge >= 0.3 is 5.97 Å². The largest absolute Gasteiger partial charge is 0.507 e. The monoisotopic (exact) mass is 270 g/mol. The van der Waals surface area contributed by atoms with Gasteiger partial charge in [-0.05, 0) is 74.2 Å². The number of phenolic OH excluding ortho intramolecular Hbond substituents is 1. The first-order chi connectivity index (χ1) is 9.38. The summed E-state index contributed by atoms with van der Waals surface area (Å²) in [6.07, 6.45) is 0. The Morgan fingerprint density at radius 1 is 0.900 bits per heavy atom. The summed E-state index contributed by atoms with van der Waals surface area (Å²) in [4.78, 5) is 12.1. The first kappa shape index (κ1) is 14.1. The molecule has 20 heavy (non-hydrogen) atoms. The molecule has 0 heterocycles. The zero-order valence-corrected chi connectivity index (χ0v) is 12.2. The highest BCUT2D eigenvalue weighted by molar-refractivity contribution is 5.91. The summed E-state index contributed by atoms with van der Waals surface area (Å²) in [6.45, 7) is 7.50. The molecule has 0 spiro atoms. The van der Waals surface area contributed by atoms with Crippen molar-refractivity contribution in [3.05, 3.63) is 58.1 Å². The van der Waals surface area contributed by atoms with Gasteiger partial charge in [0.2, 0.25) is 0 Å². The number of carbonyl (C=O) groups is 1. The van der Waals surface area contributed by atoms with Gasteiger partial charge in [0.1, 0.15) is 11.5 Å². The number of hydrogen-bond donors (Lipinski definition) is 1. The van der Waals surface area contributed by atoms with E-state index in [1.807, 2.05) is 26.0 Å². The Morgan fingerprint density at radius 2 is 1.50 bits per heavy atom. The standard InChI is InChI=1S/C17H18O3/c1-10-5-6-15(9-11(10)2)20-17(19)14-7-12(3)16(18)13(4)8-14/h5-9,18H,1-4H3. The first-order valence-electron chi connectivity index (χ1n) is 6.48. The van der Waals surface area contributed by atoms with Crippen LogP contribution < -0.4 is 4.74 Å². The van der Waals surface area contributed by atoms with Crippen molar-refractivity contribution in [2.24, 2.45) is 0 Å². The van der Waals surface area contributed by atoms with Crippen LogP contribution in [0.5, 0.6) is 11.5 Å². The van der Waals surface area contributed by atoms with Crippen molar-refractivity contribution < 1.29 is 14.6 Å². The summed E-state index contributed by atoms with van der Waals surface area (Å²) < 4.78 is 5.37. The first-order valence-corrected chi connectivity index (χ1v) is 6.48. The molecule has 0 aromatic heterocycles. The van der Waals surface area contributed by atoms with Gasteiger partial charge in [-0.3, -0.25) is 0 Å². The number of ether oxygens (including phenoxy) is 1. The predicted molar refractivity (Wildman–Crippen MR) is 78.5 cm³/mol. The molecule has 0 bridgehead atoms. The van der Waals surface area contributed by atoms with Crippen molar-refractivity contribution in [2.45, 2.75) is 27.7 Å². The van der Waals surface area contributed by atoms with Crippen LogP contribution in [0.3, 0.4) is 0 Å². The normalized spacial score (nSPS) is 10.4. The Labute approximate surface area is 118 Å². The van der Waals surface area contributed by atoms with Crippen molar-refractivity contribution in [1.82, 2.24) is 0 Å². The van der Waals surface area contributed by atoms with Gasteiger partial charge in [-0.1, -0.05) is 6.07 Å². The van der Waals surface area contributed by atoms with Crippen LogP contribution in [0.2, 0.25) is 0 Å². The average molecular weight is 270 g/mol. The van der Waals surface area contributed by atoms with Gasteiger partial charge in [0.05, 0.1) is 5.56 Å². The van der Waals surface area contributed by atoms with Crippen LogP contribution in [0, 0.1) is 27.7 Å². The number of rotatable bonds is 2. The minimum Gasteiger partial charge on any atom is -0.507 e. The molecule has 0 saturated heterocycles. The van der Waals surface area contributed by atoms with Gasteiger partial charge in [0.25, 0.3) is 0 Å². The molecule has 2 rings (SSSR count). The second kappa shape index (κ2) is 5.37. The van der Waals surface area contributed by atoms with Crippen LogP contribution in [0.4, 0.5) is 0 Å². The lowest BCUT2D eigenvalue weighted by Gasteiger charge is -2.09. The number of hydrogen-bond acceptors (Lipinski definition) is 3. The quantitative estimate of drug-likeness (QED) is 0.666. The van der Waals surface area contributed by atoms with Crippen LogP contribution in [0.25, 0.3) is 0 Å². The average Bonchev–Trinajstić information content (AvgIpc) is 2.39. The summed E-state index contributed by atoms with van der Waals surface area (Å²) in [5.74, 6) is 0.327. The molecule has 0 radical (unpaired) electrons. The van der Waals surface area contributed by atoms with E-state index in [1.54, 1.807) is 32.0 Å². The third kappa shape index (κ3) is 2.82. The number of esters is 1. The van der Waals surface area contributed by atoms with Crippen molar-refractivity contribution in [2.75, 3.05) is 0 Å². The third-order valence-corrected chi connectivity index (χ3v) is 3.42. The highest BCUT2D eigenvalue weighted by Gasteiger charge is 2.12. The van der Waals surface area contributed by atoms with E-state index in [9.17, 15) is 9.90 Å². The SMILES string of the molecule is Cc1ccc(OC(=O)c2cc(C)c(O)c(C)c2)cc1C. The summed E-state index contributed by atoms with van der Waals surface area (Å²) in [5, 5.41) is 9.72. The molecule has 3 nitrogen and oxygen atoms in total. The maximum absolute atomic E-state index is 12.1. The van der Waals surface area contributed by atoms with Crippen LogP contribution in [-0.4, -0.2) is 11.1 Å². The molecule has 1 N–H and O–H groups in total. The fourth-order valence-electron chi connectivity index (χ4n) is 2.02. The van der Waals surface area contributed by atoms with E-state index in [0.717, 1.165) is 11.1 Å². The predicted octanol–water partition coefficient (Wildman–Crippen LogP) is 3.85.